The maximum atomic E-state index is 13.5. The third kappa shape index (κ3) is 3.40. The summed E-state index contributed by atoms with van der Waals surface area (Å²) in [5.41, 5.74) is -4.29. The normalized spacial score (nSPS) is 11.3. The zero-order chi connectivity index (χ0) is 27.6. The molecule has 0 amide bonds. The second-order valence-corrected chi connectivity index (χ2v) is 8.55. The summed E-state index contributed by atoms with van der Waals surface area (Å²) in [7, 11) is 0. The Balaban J connectivity index is 2.04. The van der Waals surface area contributed by atoms with Gasteiger partial charge in [-0.25, -0.2) is 4.79 Å². The molecule has 0 spiro atoms. The SMILES string of the molecule is CC(=O)c1cc2c(=O)c3c(C(=O)O)c(O)c(O)cc3oc2c(C(C)=O)c1-c1coc2cc(O)ccc2c1=O. The molecule has 11 heteroatoms. The summed E-state index contributed by atoms with van der Waals surface area (Å²) in [6.45, 7) is 2.26. The van der Waals surface area contributed by atoms with Gasteiger partial charge in [0, 0.05) is 23.3 Å². The minimum absolute atomic E-state index is 0.0378. The van der Waals surface area contributed by atoms with Gasteiger partial charge in [0.05, 0.1) is 27.3 Å². The number of carbonyl (C=O) groups excluding carboxylic acids is 2. The lowest BCUT2D eigenvalue weighted by Crippen LogP contribution is -2.15. The minimum atomic E-state index is -1.73. The van der Waals surface area contributed by atoms with Gasteiger partial charge in [-0.1, -0.05) is 0 Å². The zero-order valence-corrected chi connectivity index (χ0v) is 19.6. The molecule has 0 aliphatic heterocycles. The molecular formula is C27H16O11. The monoisotopic (exact) mass is 516 g/mol. The van der Waals surface area contributed by atoms with Crippen LogP contribution in [0.4, 0.5) is 0 Å². The van der Waals surface area contributed by atoms with E-state index in [1.54, 1.807) is 0 Å². The first kappa shape index (κ1) is 24.3. The minimum Gasteiger partial charge on any atom is -0.508 e. The number of carboxylic acids is 1. The van der Waals surface area contributed by atoms with Gasteiger partial charge in [0.1, 0.15) is 34.3 Å². The standard InChI is InChI=1S/C27H16O11/c1-9(28)13-6-14-24(33)21-18(7-16(31)25(34)22(21)27(35)36)38-26(14)19(10(2)29)20(13)15-8-37-17-5-11(30)3-4-12(17)23(15)32/h3-8,30-31,34H,1-2H3,(H,35,36). The van der Waals surface area contributed by atoms with Crippen LogP contribution in [-0.4, -0.2) is 38.0 Å². The maximum absolute atomic E-state index is 13.5. The molecule has 5 aromatic rings. The van der Waals surface area contributed by atoms with Gasteiger partial charge in [-0.05, 0) is 32.0 Å². The number of fused-ring (bicyclic) bond motifs is 3. The predicted molar refractivity (Wildman–Crippen MR) is 133 cm³/mol. The van der Waals surface area contributed by atoms with E-state index in [0.29, 0.717) is 0 Å². The predicted octanol–water partition coefficient (Wildman–Crippen LogP) is 3.94. The van der Waals surface area contributed by atoms with Crippen LogP contribution in [0.1, 0.15) is 44.9 Å². The third-order valence-corrected chi connectivity index (χ3v) is 6.18. The zero-order valence-electron chi connectivity index (χ0n) is 19.6. The van der Waals surface area contributed by atoms with E-state index in [0.717, 1.165) is 32.2 Å². The van der Waals surface area contributed by atoms with Gasteiger partial charge >= 0.3 is 5.97 Å². The third-order valence-electron chi connectivity index (χ3n) is 6.18. The quantitative estimate of drug-likeness (QED) is 0.154. The van der Waals surface area contributed by atoms with E-state index >= 15 is 0 Å². The molecule has 38 heavy (non-hydrogen) atoms. The molecule has 3 aromatic carbocycles. The van der Waals surface area contributed by atoms with Crippen molar-refractivity contribution in [1.29, 1.82) is 0 Å². The number of aromatic hydroxyl groups is 3. The van der Waals surface area contributed by atoms with Crippen molar-refractivity contribution in [3.8, 4) is 28.4 Å². The van der Waals surface area contributed by atoms with Gasteiger partial charge in [0.25, 0.3) is 0 Å². The smallest absolute Gasteiger partial charge is 0.340 e. The fraction of sp³-hybridized carbons (Fsp3) is 0.0741. The molecule has 11 nitrogen and oxygen atoms in total. The fourth-order valence-corrected chi connectivity index (χ4v) is 4.52. The van der Waals surface area contributed by atoms with Crippen LogP contribution in [0.5, 0.6) is 17.2 Å². The largest absolute Gasteiger partial charge is 0.508 e. The Morgan fingerprint density at radius 2 is 1.53 bits per heavy atom. The average molecular weight is 516 g/mol. The van der Waals surface area contributed by atoms with Crippen molar-refractivity contribution in [1.82, 2.24) is 0 Å². The number of carbonyl (C=O) groups is 3. The van der Waals surface area contributed by atoms with E-state index in [9.17, 15) is 44.4 Å². The number of phenolic OH excluding ortho intramolecular Hbond substituents is 2. The van der Waals surface area contributed by atoms with E-state index in [4.69, 9.17) is 8.83 Å². The summed E-state index contributed by atoms with van der Waals surface area (Å²) in [5.74, 6) is -5.18. The van der Waals surface area contributed by atoms with Crippen LogP contribution in [0, 0.1) is 0 Å². The Kier molecular flexibility index (Phi) is 5.30. The van der Waals surface area contributed by atoms with E-state index in [1.165, 1.54) is 18.2 Å². The van der Waals surface area contributed by atoms with E-state index < -0.39 is 56.4 Å². The highest BCUT2D eigenvalue weighted by molar-refractivity contribution is 6.18. The Morgan fingerprint density at radius 3 is 2.16 bits per heavy atom. The summed E-state index contributed by atoms with van der Waals surface area (Å²) < 4.78 is 11.3. The van der Waals surface area contributed by atoms with Crippen molar-refractivity contribution < 1.29 is 43.6 Å². The number of carboxylic acid groups (broad SMARTS) is 1. The maximum Gasteiger partial charge on any atom is 0.340 e. The molecule has 0 radical (unpaired) electrons. The molecule has 0 aliphatic carbocycles. The molecule has 4 N–H and O–H groups in total. The Hall–Kier alpha value is -5.45. The highest BCUT2D eigenvalue weighted by atomic mass is 16.4. The Bertz CT molecular complexity index is 2030. The molecule has 0 fully saturated rings. The molecule has 0 bridgehead atoms. The first-order valence-corrected chi connectivity index (χ1v) is 10.9. The first-order valence-electron chi connectivity index (χ1n) is 10.9. The van der Waals surface area contributed by atoms with Gasteiger partial charge in [0.2, 0.25) is 10.9 Å². The lowest BCUT2D eigenvalue weighted by molar-refractivity contribution is 0.0694. The van der Waals surface area contributed by atoms with Crippen molar-refractivity contribution in [2.45, 2.75) is 13.8 Å². The number of phenols is 3. The molecule has 2 heterocycles. The molecule has 0 aliphatic rings. The van der Waals surface area contributed by atoms with E-state index in [-0.39, 0.29) is 49.9 Å². The van der Waals surface area contributed by atoms with E-state index in [2.05, 4.69) is 0 Å². The van der Waals surface area contributed by atoms with Crippen molar-refractivity contribution in [2.75, 3.05) is 0 Å². The second kappa shape index (κ2) is 8.30. The number of ketones is 2. The molecule has 190 valence electrons. The van der Waals surface area contributed by atoms with Gasteiger partial charge in [0.15, 0.2) is 23.1 Å². The number of aromatic carboxylic acids is 1. The van der Waals surface area contributed by atoms with Crippen molar-refractivity contribution >= 4 is 50.4 Å². The summed E-state index contributed by atoms with van der Waals surface area (Å²) in [4.78, 5) is 64.5. The van der Waals surface area contributed by atoms with Crippen LogP contribution in [0.15, 0.2) is 55.0 Å². The van der Waals surface area contributed by atoms with E-state index in [1.807, 2.05) is 0 Å². The summed E-state index contributed by atoms with van der Waals surface area (Å²) >= 11 is 0. The molecule has 5 rings (SSSR count). The van der Waals surface area contributed by atoms with Gasteiger partial charge in [-0.3, -0.25) is 19.2 Å². The first-order chi connectivity index (χ1) is 17.9. The molecule has 0 saturated carbocycles. The van der Waals surface area contributed by atoms with Crippen LogP contribution in [0.3, 0.4) is 0 Å². The molecular weight excluding hydrogens is 500 g/mol. The molecule has 2 aromatic heterocycles. The Labute approximate surface area is 210 Å². The van der Waals surface area contributed by atoms with Gasteiger partial charge in [-0.15, -0.1) is 0 Å². The molecule has 0 atom stereocenters. The van der Waals surface area contributed by atoms with Crippen LogP contribution in [0.25, 0.3) is 44.0 Å². The van der Waals surface area contributed by atoms with Gasteiger partial charge in [-0.2, -0.15) is 0 Å². The van der Waals surface area contributed by atoms with Crippen LogP contribution in [-0.2, 0) is 0 Å². The highest BCUT2D eigenvalue weighted by Gasteiger charge is 2.29. The highest BCUT2D eigenvalue weighted by Crippen LogP contribution is 2.39. The molecule has 0 saturated heterocycles. The van der Waals surface area contributed by atoms with Crippen LogP contribution >= 0.6 is 0 Å². The van der Waals surface area contributed by atoms with Crippen molar-refractivity contribution in [3.05, 3.63) is 73.7 Å². The summed E-state index contributed by atoms with van der Waals surface area (Å²) in [5, 5.41) is 38.5. The topological polar surface area (TPSA) is 193 Å². The van der Waals surface area contributed by atoms with Crippen molar-refractivity contribution in [3.63, 3.8) is 0 Å². The van der Waals surface area contributed by atoms with Crippen molar-refractivity contribution in [2.24, 2.45) is 0 Å². The number of hydrogen-bond acceptors (Lipinski definition) is 10. The number of rotatable bonds is 4. The fourth-order valence-electron chi connectivity index (χ4n) is 4.52. The molecule has 0 unspecified atom stereocenters. The lowest BCUT2D eigenvalue weighted by atomic mass is 9.88. The summed E-state index contributed by atoms with van der Waals surface area (Å²) in [6, 6.07) is 5.66. The number of Topliss-reactive ketones (excluding diaryl/α,β-unsaturated/α-hetero) is 2. The lowest BCUT2D eigenvalue weighted by Gasteiger charge is -2.15. The summed E-state index contributed by atoms with van der Waals surface area (Å²) in [6.07, 6.45) is 1.01. The Morgan fingerprint density at radius 1 is 0.816 bits per heavy atom. The number of benzene rings is 3. The van der Waals surface area contributed by atoms with Crippen LogP contribution in [0.2, 0.25) is 0 Å². The number of hydrogen-bond donors (Lipinski definition) is 4. The second-order valence-electron chi connectivity index (χ2n) is 8.55. The van der Waals surface area contributed by atoms with Gasteiger partial charge < -0.3 is 29.3 Å². The van der Waals surface area contributed by atoms with Crippen LogP contribution < -0.4 is 10.9 Å². The average Bonchev–Trinajstić information content (AvgIpc) is 2.84.